The van der Waals surface area contributed by atoms with Gasteiger partial charge in [-0.05, 0) is 26.3 Å². The third-order valence-electron chi connectivity index (χ3n) is 2.46. The predicted molar refractivity (Wildman–Crippen MR) is 55.0 cm³/mol. The van der Waals surface area contributed by atoms with Crippen LogP contribution in [0, 0.1) is 6.92 Å². The van der Waals surface area contributed by atoms with Crippen molar-refractivity contribution in [1.29, 1.82) is 0 Å². The Morgan fingerprint density at radius 2 is 1.86 bits per heavy atom. The minimum Gasteiger partial charge on any atom is -0.347 e. The van der Waals surface area contributed by atoms with Gasteiger partial charge >= 0.3 is 0 Å². The van der Waals surface area contributed by atoms with Crippen molar-refractivity contribution in [2.24, 2.45) is 0 Å². The highest BCUT2D eigenvalue weighted by molar-refractivity contribution is 5.23. The van der Waals surface area contributed by atoms with Crippen LogP contribution in [0.15, 0.2) is 24.3 Å². The summed E-state index contributed by atoms with van der Waals surface area (Å²) in [6.07, 6.45) is 0.0885. The largest absolute Gasteiger partial charge is 0.347 e. The average molecular weight is 192 g/mol. The van der Waals surface area contributed by atoms with Crippen LogP contribution in [0.5, 0.6) is 0 Å². The summed E-state index contributed by atoms with van der Waals surface area (Å²) in [7, 11) is 0. The number of ether oxygens (including phenoxy) is 2. The minimum atomic E-state index is -0.435. The Balaban J connectivity index is 2.14. The van der Waals surface area contributed by atoms with Gasteiger partial charge < -0.3 is 9.47 Å². The zero-order valence-corrected chi connectivity index (χ0v) is 8.91. The molecule has 0 spiro atoms. The van der Waals surface area contributed by atoms with Crippen molar-refractivity contribution in [1.82, 2.24) is 0 Å². The Kier molecular flexibility index (Phi) is 2.33. The molecule has 14 heavy (non-hydrogen) atoms. The van der Waals surface area contributed by atoms with Gasteiger partial charge in [0.2, 0.25) is 0 Å². The standard InChI is InChI=1S/C12H16O2/c1-9-4-6-10(7-5-9)11-8-13-12(2,3)14-11/h4-7,11H,8H2,1-3H3/t11-/m1/s1. The molecular weight excluding hydrogens is 176 g/mol. The number of benzene rings is 1. The average Bonchev–Trinajstić information content (AvgIpc) is 2.47. The van der Waals surface area contributed by atoms with Crippen molar-refractivity contribution in [3.05, 3.63) is 35.4 Å². The molecule has 1 atom stereocenters. The molecule has 2 rings (SSSR count). The molecule has 1 heterocycles. The van der Waals surface area contributed by atoms with Crippen molar-refractivity contribution in [3.63, 3.8) is 0 Å². The summed E-state index contributed by atoms with van der Waals surface area (Å²) in [6.45, 7) is 6.62. The molecule has 1 aromatic rings. The van der Waals surface area contributed by atoms with Crippen molar-refractivity contribution in [2.45, 2.75) is 32.7 Å². The second kappa shape index (κ2) is 3.37. The van der Waals surface area contributed by atoms with Crippen LogP contribution in [0.1, 0.15) is 31.1 Å². The molecule has 0 aliphatic carbocycles. The van der Waals surface area contributed by atoms with Gasteiger partial charge in [0.25, 0.3) is 0 Å². The Labute approximate surface area is 84.8 Å². The van der Waals surface area contributed by atoms with E-state index >= 15 is 0 Å². The van der Waals surface area contributed by atoms with Gasteiger partial charge in [0.05, 0.1) is 6.61 Å². The third kappa shape index (κ3) is 1.97. The molecule has 1 aromatic carbocycles. The summed E-state index contributed by atoms with van der Waals surface area (Å²) in [5.41, 5.74) is 2.47. The SMILES string of the molecule is Cc1ccc([C@H]2COC(C)(C)O2)cc1. The van der Waals surface area contributed by atoms with E-state index in [9.17, 15) is 0 Å². The molecule has 2 heteroatoms. The lowest BCUT2D eigenvalue weighted by Crippen LogP contribution is -2.19. The summed E-state index contributed by atoms with van der Waals surface area (Å²) in [4.78, 5) is 0. The molecule has 0 amide bonds. The summed E-state index contributed by atoms with van der Waals surface area (Å²) in [5, 5.41) is 0. The highest BCUT2D eigenvalue weighted by Gasteiger charge is 2.33. The summed E-state index contributed by atoms with van der Waals surface area (Å²) >= 11 is 0. The highest BCUT2D eigenvalue weighted by atomic mass is 16.7. The number of aryl methyl sites for hydroxylation is 1. The van der Waals surface area contributed by atoms with Crippen LogP contribution in [-0.2, 0) is 9.47 Å². The van der Waals surface area contributed by atoms with Gasteiger partial charge in [0.15, 0.2) is 5.79 Å². The quantitative estimate of drug-likeness (QED) is 0.681. The Hall–Kier alpha value is -0.860. The topological polar surface area (TPSA) is 18.5 Å². The van der Waals surface area contributed by atoms with Crippen molar-refractivity contribution >= 4 is 0 Å². The molecule has 2 nitrogen and oxygen atoms in total. The molecule has 0 unspecified atom stereocenters. The molecular formula is C12H16O2. The second-order valence-corrected chi connectivity index (χ2v) is 4.23. The molecule has 76 valence electrons. The fraction of sp³-hybridized carbons (Fsp3) is 0.500. The maximum atomic E-state index is 5.75. The van der Waals surface area contributed by atoms with E-state index in [2.05, 4.69) is 31.2 Å². The molecule has 1 fully saturated rings. The maximum Gasteiger partial charge on any atom is 0.163 e. The van der Waals surface area contributed by atoms with Gasteiger partial charge in [-0.2, -0.15) is 0 Å². The fourth-order valence-corrected chi connectivity index (χ4v) is 1.63. The van der Waals surface area contributed by atoms with Gasteiger partial charge in [0, 0.05) is 0 Å². The summed E-state index contributed by atoms with van der Waals surface area (Å²) < 4.78 is 11.3. The van der Waals surface area contributed by atoms with Crippen LogP contribution in [0.2, 0.25) is 0 Å². The van der Waals surface area contributed by atoms with Crippen LogP contribution >= 0.6 is 0 Å². The molecule has 1 aliphatic rings. The lowest BCUT2D eigenvalue weighted by atomic mass is 10.1. The molecule has 1 saturated heterocycles. The Bertz CT molecular complexity index is 314. The lowest BCUT2D eigenvalue weighted by Gasteiger charge is -2.17. The van der Waals surface area contributed by atoms with E-state index in [0.29, 0.717) is 6.61 Å². The zero-order valence-electron chi connectivity index (χ0n) is 8.91. The second-order valence-electron chi connectivity index (χ2n) is 4.23. The third-order valence-corrected chi connectivity index (χ3v) is 2.46. The monoisotopic (exact) mass is 192 g/mol. The summed E-state index contributed by atoms with van der Waals surface area (Å²) in [5.74, 6) is -0.435. The van der Waals surface area contributed by atoms with Crippen molar-refractivity contribution < 1.29 is 9.47 Å². The van der Waals surface area contributed by atoms with Gasteiger partial charge in [-0.15, -0.1) is 0 Å². The molecule has 1 aliphatic heterocycles. The first-order chi connectivity index (χ1) is 6.57. The van der Waals surface area contributed by atoms with Gasteiger partial charge in [-0.25, -0.2) is 0 Å². The van der Waals surface area contributed by atoms with Crippen LogP contribution in [0.3, 0.4) is 0 Å². The number of hydrogen-bond donors (Lipinski definition) is 0. The molecule has 0 radical (unpaired) electrons. The van der Waals surface area contributed by atoms with Crippen molar-refractivity contribution in [3.8, 4) is 0 Å². The van der Waals surface area contributed by atoms with Crippen LogP contribution in [0.25, 0.3) is 0 Å². The smallest absolute Gasteiger partial charge is 0.163 e. The van der Waals surface area contributed by atoms with Crippen molar-refractivity contribution in [2.75, 3.05) is 6.61 Å². The first kappa shape index (κ1) is 9.69. The number of hydrogen-bond acceptors (Lipinski definition) is 2. The van der Waals surface area contributed by atoms with E-state index in [1.165, 1.54) is 11.1 Å². The Morgan fingerprint density at radius 3 is 2.36 bits per heavy atom. The molecule has 0 saturated carbocycles. The van der Waals surface area contributed by atoms with E-state index < -0.39 is 5.79 Å². The van der Waals surface area contributed by atoms with Gasteiger partial charge in [-0.3, -0.25) is 0 Å². The minimum absolute atomic E-state index is 0.0885. The first-order valence-electron chi connectivity index (χ1n) is 4.95. The van der Waals surface area contributed by atoms with Crippen LogP contribution < -0.4 is 0 Å². The number of rotatable bonds is 1. The van der Waals surface area contributed by atoms with E-state index in [0.717, 1.165) is 0 Å². The normalized spacial score (nSPS) is 25.2. The van der Waals surface area contributed by atoms with E-state index in [1.807, 2.05) is 13.8 Å². The maximum absolute atomic E-state index is 5.75. The Morgan fingerprint density at radius 1 is 1.21 bits per heavy atom. The van der Waals surface area contributed by atoms with Crippen LogP contribution in [0.4, 0.5) is 0 Å². The first-order valence-corrected chi connectivity index (χ1v) is 4.95. The van der Waals surface area contributed by atoms with E-state index in [4.69, 9.17) is 9.47 Å². The van der Waals surface area contributed by atoms with E-state index in [1.54, 1.807) is 0 Å². The predicted octanol–water partition coefficient (Wildman–Crippen LogP) is 2.82. The van der Waals surface area contributed by atoms with E-state index in [-0.39, 0.29) is 6.10 Å². The zero-order chi connectivity index (χ0) is 10.2. The van der Waals surface area contributed by atoms with Gasteiger partial charge in [-0.1, -0.05) is 29.8 Å². The molecule has 0 aromatic heterocycles. The summed E-state index contributed by atoms with van der Waals surface area (Å²) in [6, 6.07) is 8.41. The highest BCUT2D eigenvalue weighted by Crippen LogP contribution is 2.32. The van der Waals surface area contributed by atoms with Crippen LogP contribution in [-0.4, -0.2) is 12.4 Å². The lowest BCUT2D eigenvalue weighted by molar-refractivity contribution is -0.139. The fourth-order valence-electron chi connectivity index (χ4n) is 1.63. The molecule has 0 N–H and O–H groups in total. The van der Waals surface area contributed by atoms with Gasteiger partial charge in [0.1, 0.15) is 6.10 Å². The molecule has 0 bridgehead atoms.